The predicted octanol–water partition coefficient (Wildman–Crippen LogP) is 1.81. The van der Waals surface area contributed by atoms with E-state index in [4.69, 9.17) is 4.74 Å². The molecule has 3 aromatic rings. The fourth-order valence-corrected chi connectivity index (χ4v) is 2.73. The molecule has 7 heteroatoms. The van der Waals surface area contributed by atoms with Crippen LogP contribution in [0.3, 0.4) is 0 Å². The number of hydrogen-bond donors (Lipinski definition) is 2. The lowest BCUT2D eigenvalue weighted by Crippen LogP contribution is -2.30. The van der Waals surface area contributed by atoms with Crippen LogP contribution in [0.4, 0.5) is 0 Å². The number of nitrogens with zero attached hydrogens (tertiary/aromatic N) is 2. The molecule has 2 N–H and O–H groups in total. The lowest BCUT2D eigenvalue weighted by molar-refractivity contribution is 0.337. The molecule has 0 atom stereocenters. The minimum Gasteiger partial charge on any atom is -0.494 e. The molecule has 7 nitrogen and oxygen atoms in total. The summed E-state index contributed by atoms with van der Waals surface area (Å²) >= 11 is 0. The van der Waals surface area contributed by atoms with Gasteiger partial charge in [0.15, 0.2) is 5.65 Å². The van der Waals surface area contributed by atoms with Gasteiger partial charge in [-0.15, -0.1) is 0 Å². The molecule has 0 aliphatic rings. The number of nitrogens with one attached hydrogen (secondary N) is 2. The molecule has 0 bridgehead atoms. The summed E-state index contributed by atoms with van der Waals surface area (Å²) < 4.78 is 7.11. The number of ether oxygens (including phenoxy) is 1. The quantitative estimate of drug-likeness (QED) is 0.722. The minimum atomic E-state index is -0.445. The van der Waals surface area contributed by atoms with E-state index in [-0.39, 0.29) is 0 Å². The van der Waals surface area contributed by atoms with Crippen LogP contribution in [0, 0.1) is 0 Å². The molecule has 2 heterocycles. The molecule has 0 aliphatic heterocycles. The number of hydrogen-bond acceptors (Lipinski definition) is 4. The molecule has 0 fully saturated rings. The third kappa shape index (κ3) is 2.97. The van der Waals surface area contributed by atoms with Crippen LogP contribution < -0.4 is 16.0 Å². The summed E-state index contributed by atoms with van der Waals surface area (Å²) in [6.45, 7) is 4.98. The Hall–Kier alpha value is -2.83. The van der Waals surface area contributed by atoms with Gasteiger partial charge in [0.1, 0.15) is 17.1 Å². The second kappa shape index (κ2) is 6.74. The number of fused-ring (bicyclic) bond motifs is 1. The zero-order valence-corrected chi connectivity index (χ0v) is 13.8. The zero-order chi connectivity index (χ0) is 17.1. The van der Waals surface area contributed by atoms with Crippen LogP contribution in [0.5, 0.6) is 5.75 Å². The smallest absolute Gasteiger partial charge is 0.330 e. The van der Waals surface area contributed by atoms with Crippen molar-refractivity contribution in [3.8, 4) is 5.75 Å². The van der Waals surface area contributed by atoms with Crippen molar-refractivity contribution in [1.82, 2.24) is 19.5 Å². The van der Waals surface area contributed by atoms with Crippen LogP contribution in [-0.2, 0) is 13.0 Å². The summed E-state index contributed by atoms with van der Waals surface area (Å²) in [6.07, 6.45) is 1.26. The zero-order valence-electron chi connectivity index (χ0n) is 13.8. The second-order valence-corrected chi connectivity index (χ2v) is 5.51. The fraction of sp³-hybridized carbons (Fsp3) is 0.353. The van der Waals surface area contributed by atoms with Crippen LogP contribution in [0.2, 0.25) is 0 Å². The van der Waals surface area contributed by atoms with Crippen molar-refractivity contribution in [3.05, 3.63) is 56.5 Å². The largest absolute Gasteiger partial charge is 0.494 e. The first-order valence-electron chi connectivity index (χ1n) is 8.06. The summed E-state index contributed by atoms with van der Waals surface area (Å²) in [5, 5.41) is 0. The number of aromatic nitrogens is 4. The molecule has 1 aromatic carbocycles. The van der Waals surface area contributed by atoms with Crippen LogP contribution in [0.25, 0.3) is 11.2 Å². The normalized spacial score (nSPS) is 11.1. The monoisotopic (exact) mass is 328 g/mol. The molecule has 126 valence electrons. The summed E-state index contributed by atoms with van der Waals surface area (Å²) in [6, 6.07) is 7.71. The Kier molecular flexibility index (Phi) is 4.50. The Morgan fingerprint density at radius 2 is 1.96 bits per heavy atom. The Morgan fingerprint density at radius 1 is 1.17 bits per heavy atom. The van der Waals surface area contributed by atoms with E-state index < -0.39 is 11.2 Å². The van der Waals surface area contributed by atoms with Gasteiger partial charge in [-0.3, -0.25) is 14.3 Å². The van der Waals surface area contributed by atoms with Crippen LogP contribution in [0.1, 0.15) is 31.7 Å². The van der Waals surface area contributed by atoms with Crippen molar-refractivity contribution in [2.24, 2.45) is 0 Å². The van der Waals surface area contributed by atoms with E-state index >= 15 is 0 Å². The topological polar surface area (TPSA) is 92.8 Å². The summed E-state index contributed by atoms with van der Waals surface area (Å²) in [7, 11) is 0. The van der Waals surface area contributed by atoms with Gasteiger partial charge in [-0.25, -0.2) is 9.78 Å². The first-order chi connectivity index (χ1) is 11.6. The first-order valence-corrected chi connectivity index (χ1v) is 8.06. The molecule has 0 saturated carbocycles. The highest BCUT2D eigenvalue weighted by molar-refractivity contribution is 5.69. The van der Waals surface area contributed by atoms with Crippen molar-refractivity contribution in [2.75, 3.05) is 6.61 Å². The van der Waals surface area contributed by atoms with Gasteiger partial charge in [0.05, 0.1) is 6.61 Å². The average molecular weight is 328 g/mol. The third-order valence-electron chi connectivity index (χ3n) is 3.76. The van der Waals surface area contributed by atoms with Crippen molar-refractivity contribution in [2.45, 2.75) is 33.2 Å². The lowest BCUT2D eigenvalue weighted by Gasteiger charge is -2.08. The average Bonchev–Trinajstić information content (AvgIpc) is 2.98. The molecular formula is C17H20N4O3. The number of rotatable bonds is 6. The van der Waals surface area contributed by atoms with E-state index in [1.807, 2.05) is 38.1 Å². The maximum Gasteiger partial charge on any atom is 0.330 e. The van der Waals surface area contributed by atoms with Crippen molar-refractivity contribution in [3.63, 3.8) is 0 Å². The number of aryl methyl sites for hydroxylation is 1. The van der Waals surface area contributed by atoms with Gasteiger partial charge in [0.2, 0.25) is 0 Å². The standard InChI is InChI=1S/C17H20N4O3/c1-3-9-21-15-14(16(22)20-17(21)23)18-13(19-15)10-11-7-5-6-8-12(11)24-4-2/h5-8H,3-4,9-10H2,1-2H3,(H,18,19)(H,20,22,23). The van der Waals surface area contributed by atoms with Crippen LogP contribution >= 0.6 is 0 Å². The highest BCUT2D eigenvalue weighted by Crippen LogP contribution is 2.21. The molecule has 24 heavy (non-hydrogen) atoms. The highest BCUT2D eigenvalue weighted by Gasteiger charge is 2.14. The number of H-pyrrole nitrogens is 2. The van der Waals surface area contributed by atoms with Crippen molar-refractivity contribution < 1.29 is 4.74 Å². The van der Waals surface area contributed by atoms with Crippen LogP contribution in [-0.4, -0.2) is 26.1 Å². The molecule has 3 rings (SSSR count). The summed E-state index contributed by atoms with van der Waals surface area (Å²) in [5.41, 5.74) is 0.821. The Bertz CT molecular complexity index is 968. The van der Waals surface area contributed by atoms with Gasteiger partial charge >= 0.3 is 5.69 Å². The molecule has 0 radical (unpaired) electrons. The van der Waals surface area contributed by atoms with Gasteiger partial charge in [-0.05, 0) is 19.4 Å². The Morgan fingerprint density at radius 3 is 2.71 bits per heavy atom. The molecule has 0 aliphatic carbocycles. The maximum atomic E-state index is 12.0. The fourth-order valence-electron chi connectivity index (χ4n) is 2.73. The summed E-state index contributed by atoms with van der Waals surface area (Å²) in [4.78, 5) is 33.9. The lowest BCUT2D eigenvalue weighted by atomic mass is 10.1. The van der Waals surface area contributed by atoms with Crippen LogP contribution in [0.15, 0.2) is 33.9 Å². The first kappa shape index (κ1) is 16.0. The summed E-state index contributed by atoms with van der Waals surface area (Å²) in [5.74, 6) is 1.42. The molecule has 0 unspecified atom stereocenters. The maximum absolute atomic E-state index is 12.0. The molecule has 0 amide bonds. The van der Waals surface area contributed by atoms with Crippen molar-refractivity contribution in [1.29, 1.82) is 0 Å². The number of aromatic amines is 2. The van der Waals surface area contributed by atoms with Gasteiger partial charge < -0.3 is 9.72 Å². The van der Waals surface area contributed by atoms with Gasteiger partial charge in [-0.1, -0.05) is 25.1 Å². The second-order valence-electron chi connectivity index (χ2n) is 5.51. The van der Waals surface area contributed by atoms with E-state index in [1.54, 1.807) is 0 Å². The van der Waals surface area contributed by atoms with Crippen molar-refractivity contribution >= 4 is 11.2 Å². The van der Waals surface area contributed by atoms with E-state index in [1.165, 1.54) is 4.57 Å². The number of benzene rings is 1. The highest BCUT2D eigenvalue weighted by atomic mass is 16.5. The molecule has 2 aromatic heterocycles. The molecular weight excluding hydrogens is 308 g/mol. The molecule has 0 saturated heterocycles. The van der Waals surface area contributed by atoms with E-state index in [9.17, 15) is 9.59 Å². The number of para-hydroxylation sites is 1. The van der Waals surface area contributed by atoms with Gasteiger partial charge in [-0.2, -0.15) is 0 Å². The Labute approximate surface area is 138 Å². The Balaban J connectivity index is 2.06. The van der Waals surface area contributed by atoms with E-state index in [2.05, 4.69) is 15.0 Å². The third-order valence-corrected chi connectivity index (χ3v) is 3.76. The van der Waals surface area contributed by atoms with Gasteiger partial charge in [0.25, 0.3) is 5.56 Å². The van der Waals surface area contributed by atoms with E-state index in [0.29, 0.717) is 36.6 Å². The number of imidazole rings is 1. The van der Waals surface area contributed by atoms with E-state index in [0.717, 1.165) is 17.7 Å². The molecule has 0 spiro atoms. The SMILES string of the molecule is CCCn1c(=O)[nH]c(=O)c2[nH]c(Cc3ccccc3OCC)nc21. The van der Waals surface area contributed by atoms with Gasteiger partial charge in [0, 0.05) is 18.5 Å². The predicted molar refractivity (Wildman–Crippen MR) is 91.7 cm³/mol. The minimum absolute atomic E-state index is 0.326.